The molecule has 1 N–H and O–H groups in total. The van der Waals surface area contributed by atoms with Crippen LogP contribution in [0.4, 0.5) is 0 Å². The number of aliphatic hydroxyl groups excluding tert-OH is 1. The molecule has 0 radical (unpaired) electrons. The second-order valence-corrected chi connectivity index (χ2v) is 7.46. The maximum Gasteiger partial charge on any atom is 0.113 e. The molecular weight excluding hydrogens is 264 g/mol. The third-order valence-electron chi connectivity index (χ3n) is 3.44. The van der Waals surface area contributed by atoms with Crippen LogP contribution in [-0.2, 0) is 11.8 Å². The van der Waals surface area contributed by atoms with Crippen LogP contribution in [0.2, 0.25) is 0 Å². The molecule has 20 heavy (non-hydrogen) atoms. The summed E-state index contributed by atoms with van der Waals surface area (Å²) in [5, 5.41) is 10.6. The van der Waals surface area contributed by atoms with Gasteiger partial charge in [-0.1, -0.05) is 58.4 Å². The van der Waals surface area contributed by atoms with Crippen LogP contribution >= 0.6 is 11.3 Å². The van der Waals surface area contributed by atoms with Crippen molar-refractivity contribution < 1.29 is 5.11 Å². The molecule has 1 atom stereocenters. The third-order valence-corrected chi connectivity index (χ3v) is 5.00. The fourth-order valence-corrected chi connectivity index (χ4v) is 3.35. The largest absolute Gasteiger partial charge is 0.383 e. The molecule has 0 saturated carbocycles. The van der Waals surface area contributed by atoms with Crippen molar-refractivity contribution in [1.29, 1.82) is 0 Å². The molecule has 2 rings (SSSR count). The van der Waals surface area contributed by atoms with Crippen LogP contribution < -0.4 is 0 Å². The van der Waals surface area contributed by atoms with E-state index in [0.29, 0.717) is 0 Å². The van der Waals surface area contributed by atoms with Gasteiger partial charge in [0.2, 0.25) is 0 Å². The fourth-order valence-electron chi connectivity index (χ4n) is 2.27. The standard InChI is InChI=1S/C18H24OS/c1-5-7-13-8-6-9-14(12-13)17(19)15-10-11-16(20-15)18(2,3)4/h6,8-12,17,19H,5,7H2,1-4H3. The van der Waals surface area contributed by atoms with Gasteiger partial charge in [-0.15, -0.1) is 11.3 Å². The van der Waals surface area contributed by atoms with E-state index in [4.69, 9.17) is 0 Å². The average molecular weight is 288 g/mol. The molecule has 0 fully saturated rings. The van der Waals surface area contributed by atoms with Gasteiger partial charge in [-0.25, -0.2) is 0 Å². The maximum atomic E-state index is 10.6. The molecule has 0 aliphatic carbocycles. The van der Waals surface area contributed by atoms with E-state index in [0.717, 1.165) is 23.3 Å². The van der Waals surface area contributed by atoms with E-state index >= 15 is 0 Å². The Morgan fingerprint density at radius 1 is 1.15 bits per heavy atom. The van der Waals surface area contributed by atoms with Gasteiger partial charge in [0.15, 0.2) is 0 Å². The molecule has 0 bridgehead atoms. The Bertz CT molecular complexity index is 563. The predicted molar refractivity (Wildman–Crippen MR) is 87.5 cm³/mol. The molecule has 0 aliphatic heterocycles. The number of thiophene rings is 1. The van der Waals surface area contributed by atoms with E-state index in [1.807, 2.05) is 12.1 Å². The fraction of sp³-hybridized carbons (Fsp3) is 0.444. The van der Waals surface area contributed by atoms with Crippen molar-refractivity contribution in [3.05, 3.63) is 57.3 Å². The van der Waals surface area contributed by atoms with Crippen molar-refractivity contribution >= 4 is 11.3 Å². The van der Waals surface area contributed by atoms with Gasteiger partial charge < -0.3 is 5.11 Å². The Kier molecular flexibility index (Phi) is 4.66. The van der Waals surface area contributed by atoms with Gasteiger partial charge in [-0.05, 0) is 35.1 Å². The molecule has 2 aromatic rings. The zero-order chi connectivity index (χ0) is 14.8. The van der Waals surface area contributed by atoms with Crippen LogP contribution in [-0.4, -0.2) is 5.11 Å². The molecule has 1 heterocycles. The second kappa shape index (κ2) is 6.11. The number of benzene rings is 1. The minimum absolute atomic E-state index is 0.146. The lowest BCUT2D eigenvalue weighted by atomic mass is 9.95. The summed E-state index contributed by atoms with van der Waals surface area (Å²) in [4.78, 5) is 2.35. The maximum absolute atomic E-state index is 10.6. The van der Waals surface area contributed by atoms with Crippen LogP contribution in [0.5, 0.6) is 0 Å². The molecule has 1 unspecified atom stereocenters. The smallest absolute Gasteiger partial charge is 0.113 e. The van der Waals surface area contributed by atoms with Gasteiger partial charge in [0.25, 0.3) is 0 Å². The highest BCUT2D eigenvalue weighted by molar-refractivity contribution is 7.12. The first-order valence-corrected chi connectivity index (χ1v) is 8.10. The summed E-state index contributed by atoms with van der Waals surface area (Å²) in [7, 11) is 0. The van der Waals surface area contributed by atoms with E-state index in [-0.39, 0.29) is 5.41 Å². The van der Waals surface area contributed by atoms with Crippen molar-refractivity contribution in [2.75, 3.05) is 0 Å². The van der Waals surface area contributed by atoms with Crippen LogP contribution in [0, 0.1) is 0 Å². The lowest BCUT2D eigenvalue weighted by molar-refractivity contribution is 0.224. The lowest BCUT2D eigenvalue weighted by Crippen LogP contribution is -2.07. The molecule has 0 spiro atoms. The van der Waals surface area contributed by atoms with Gasteiger partial charge in [0.05, 0.1) is 0 Å². The molecule has 0 saturated heterocycles. The molecule has 0 aliphatic rings. The first-order valence-electron chi connectivity index (χ1n) is 7.29. The van der Waals surface area contributed by atoms with Gasteiger partial charge in [-0.3, -0.25) is 0 Å². The van der Waals surface area contributed by atoms with Crippen molar-refractivity contribution in [2.24, 2.45) is 0 Å². The summed E-state index contributed by atoms with van der Waals surface area (Å²) in [6.07, 6.45) is 1.69. The Morgan fingerprint density at radius 3 is 2.50 bits per heavy atom. The lowest BCUT2D eigenvalue weighted by Gasteiger charge is -2.16. The van der Waals surface area contributed by atoms with Gasteiger partial charge in [0.1, 0.15) is 6.10 Å². The highest BCUT2D eigenvalue weighted by atomic mass is 32.1. The number of aryl methyl sites for hydroxylation is 1. The summed E-state index contributed by atoms with van der Waals surface area (Å²) in [6, 6.07) is 12.5. The first-order chi connectivity index (χ1) is 9.41. The summed E-state index contributed by atoms with van der Waals surface area (Å²) in [5.41, 5.74) is 2.45. The predicted octanol–water partition coefficient (Wildman–Crippen LogP) is 5.08. The topological polar surface area (TPSA) is 20.2 Å². The zero-order valence-electron chi connectivity index (χ0n) is 12.8. The Hall–Kier alpha value is -1.12. The molecule has 2 heteroatoms. The van der Waals surface area contributed by atoms with Crippen molar-refractivity contribution in [3.8, 4) is 0 Å². The van der Waals surface area contributed by atoms with E-state index in [9.17, 15) is 5.11 Å². The minimum atomic E-state index is -0.507. The Labute approximate surface area is 126 Å². The highest BCUT2D eigenvalue weighted by Gasteiger charge is 2.19. The van der Waals surface area contributed by atoms with Crippen LogP contribution in [0.1, 0.15) is 61.1 Å². The normalized spacial score (nSPS) is 13.4. The highest BCUT2D eigenvalue weighted by Crippen LogP contribution is 2.34. The van der Waals surface area contributed by atoms with Crippen LogP contribution in [0.15, 0.2) is 36.4 Å². The van der Waals surface area contributed by atoms with Crippen molar-refractivity contribution in [1.82, 2.24) is 0 Å². The van der Waals surface area contributed by atoms with Gasteiger partial charge >= 0.3 is 0 Å². The quantitative estimate of drug-likeness (QED) is 0.831. The molecular formula is C18H24OS. The Morgan fingerprint density at radius 2 is 1.90 bits per heavy atom. The molecule has 108 valence electrons. The number of hydrogen-bond donors (Lipinski definition) is 1. The first kappa shape index (κ1) is 15.3. The average Bonchev–Trinajstić information content (AvgIpc) is 2.88. The van der Waals surface area contributed by atoms with Gasteiger partial charge in [0, 0.05) is 9.75 Å². The minimum Gasteiger partial charge on any atom is -0.383 e. The van der Waals surface area contributed by atoms with Crippen LogP contribution in [0.3, 0.4) is 0 Å². The zero-order valence-corrected chi connectivity index (χ0v) is 13.6. The van der Waals surface area contributed by atoms with Crippen molar-refractivity contribution in [3.63, 3.8) is 0 Å². The number of aliphatic hydroxyl groups is 1. The molecule has 0 amide bonds. The summed E-state index contributed by atoms with van der Waals surface area (Å²) < 4.78 is 0. The van der Waals surface area contributed by atoms with E-state index in [1.165, 1.54) is 10.4 Å². The molecule has 1 aromatic carbocycles. The van der Waals surface area contributed by atoms with Gasteiger partial charge in [-0.2, -0.15) is 0 Å². The van der Waals surface area contributed by atoms with E-state index in [1.54, 1.807) is 11.3 Å². The second-order valence-electron chi connectivity index (χ2n) is 6.35. The monoisotopic (exact) mass is 288 g/mol. The third kappa shape index (κ3) is 3.50. The number of hydrogen-bond acceptors (Lipinski definition) is 2. The summed E-state index contributed by atoms with van der Waals surface area (Å²) in [5.74, 6) is 0. The summed E-state index contributed by atoms with van der Waals surface area (Å²) >= 11 is 1.71. The van der Waals surface area contributed by atoms with Crippen LogP contribution in [0.25, 0.3) is 0 Å². The SMILES string of the molecule is CCCc1cccc(C(O)c2ccc(C(C)(C)C)s2)c1. The van der Waals surface area contributed by atoms with E-state index < -0.39 is 6.10 Å². The molecule has 1 nitrogen and oxygen atoms in total. The Balaban J connectivity index is 2.24. The molecule has 1 aromatic heterocycles. The summed E-state index contributed by atoms with van der Waals surface area (Å²) in [6.45, 7) is 8.79. The van der Waals surface area contributed by atoms with E-state index in [2.05, 4.69) is 52.0 Å². The van der Waals surface area contributed by atoms with Crippen molar-refractivity contribution in [2.45, 2.75) is 52.1 Å². The number of rotatable bonds is 4.